The van der Waals surface area contributed by atoms with E-state index in [0.29, 0.717) is 17.4 Å². The highest BCUT2D eigenvalue weighted by Crippen LogP contribution is 2.39. The van der Waals surface area contributed by atoms with Crippen LogP contribution in [0.1, 0.15) is 22.9 Å². The predicted octanol–water partition coefficient (Wildman–Crippen LogP) is 4.53. The molecule has 1 fully saturated rings. The average molecular weight is 591 g/mol. The number of hydrogen-bond donors (Lipinski definition) is 1. The number of halogens is 2. The Morgan fingerprint density at radius 2 is 1.68 bits per heavy atom. The Labute approximate surface area is 231 Å². The van der Waals surface area contributed by atoms with Gasteiger partial charge in [-0.05, 0) is 62.4 Å². The van der Waals surface area contributed by atoms with E-state index >= 15 is 0 Å². The Morgan fingerprint density at radius 1 is 1.05 bits per heavy atom. The first kappa shape index (κ1) is 30.4. The van der Waals surface area contributed by atoms with Crippen LogP contribution >= 0.6 is 27.5 Å². The third-order valence-electron chi connectivity index (χ3n) is 5.95. The number of piperazine rings is 1. The number of aryl methyl sites for hydroxylation is 2. The fraction of sp³-hybridized carbons (Fsp3) is 0.333. The number of anilines is 2. The third kappa shape index (κ3) is 7.82. The molecule has 0 radical (unpaired) electrons. The van der Waals surface area contributed by atoms with Gasteiger partial charge < -0.3 is 24.4 Å². The summed E-state index contributed by atoms with van der Waals surface area (Å²) in [5.74, 6) is 0.664. The largest absolute Gasteiger partial charge is 0.314 e. The maximum absolute atomic E-state index is 13.3. The number of benzene rings is 2. The lowest BCUT2D eigenvalue weighted by atomic mass is 10.1. The molecule has 198 valence electrons. The van der Waals surface area contributed by atoms with Crippen LogP contribution < -0.4 is 10.2 Å². The molecule has 1 N–H and O–H groups in total. The molecule has 1 amide bonds. The summed E-state index contributed by atoms with van der Waals surface area (Å²) in [5.41, 5.74) is 3.84. The van der Waals surface area contributed by atoms with E-state index in [4.69, 9.17) is 21.2 Å². The molecule has 37 heavy (non-hydrogen) atoms. The van der Waals surface area contributed by atoms with Crippen LogP contribution in [0.5, 0.6) is 0 Å². The molecule has 1 atom stereocenters. The van der Waals surface area contributed by atoms with E-state index in [2.05, 4.69) is 38.2 Å². The second-order valence-corrected chi connectivity index (χ2v) is 9.98. The van der Waals surface area contributed by atoms with Crippen molar-refractivity contribution in [3.05, 3.63) is 75.0 Å². The van der Waals surface area contributed by atoms with Crippen molar-refractivity contribution < 1.29 is 14.4 Å². The summed E-state index contributed by atoms with van der Waals surface area (Å²) in [5, 5.41) is 3.88. The normalized spacial score (nSPS) is 16.4. The molecule has 5 rings (SSSR count). The Hall–Kier alpha value is -2.85. The standard InChI is InChI=1S/C20H17BrClN3O.C5H12N2.2CH2O/c1-12-7-16(22)10-17(8-12)25-19(26)18(24-13(2)11-23-20(24)25)9-14-3-5-15(21)6-4-14;1-7-4-2-6-3-5-7;2*1-2/h3-8,10-11,18H,9H2,1-2H3;6H,2-5H2,1H3;2*1H2. The van der Waals surface area contributed by atoms with Crippen molar-refractivity contribution in [3.63, 3.8) is 0 Å². The number of likely N-dealkylation sites (N-methyl/N-ethyl adjacent to an activating group) is 1. The Balaban J connectivity index is 0.000000371. The molecule has 1 aromatic heterocycles. The molecule has 0 bridgehead atoms. The molecular weight excluding hydrogens is 558 g/mol. The van der Waals surface area contributed by atoms with Crippen molar-refractivity contribution in [2.45, 2.75) is 26.3 Å². The van der Waals surface area contributed by atoms with Gasteiger partial charge in [-0.15, -0.1) is 0 Å². The lowest BCUT2D eigenvalue weighted by Crippen LogP contribution is -2.40. The highest BCUT2D eigenvalue weighted by atomic mass is 79.9. The van der Waals surface area contributed by atoms with E-state index in [1.54, 1.807) is 11.1 Å². The van der Waals surface area contributed by atoms with Gasteiger partial charge in [0.25, 0.3) is 5.91 Å². The van der Waals surface area contributed by atoms with E-state index in [-0.39, 0.29) is 11.9 Å². The minimum absolute atomic E-state index is 0.0146. The SMILES string of the molecule is C=O.C=O.CN1CCNCC1.Cc1cc(Cl)cc(N2C(=O)C(Cc3ccc(Br)cc3)n3c(C)cnc32)c1. The number of aromatic nitrogens is 2. The number of nitrogens with one attached hydrogen (secondary N) is 1. The van der Waals surface area contributed by atoms with Crippen LogP contribution in [-0.4, -0.2) is 67.2 Å². The summed E-state index contributed by atoms with van der Waals surface area (Å²) in [6, 6.07) is 13.4. The number of carbonyl (C=O) groups excluding carboxylic acids is 3. The maximum atomic E-state index is 13.3. The number of rotatable bonds is 3. The minimum Gasteiger partial charge on any atom is -0.314 e. The van der Waals surface area contributed by atoms with Gasteiger partial charge in [0.15, 0.2) is 0 Å². The predicted molar refractivity (Wildman–Crippen MR) is 152 cm³/mol. The summed E-state index contributed by atoms with van der Waals surface area (Å²) < 4.78 is 3.04. The van der Waals surface area contributed by atoms with Crippen molar-refractivity contribution in [1.29, 1.82) is 0 Å². The molecule has 10 heteroatoms. The highest BCUT2D eigenvalue weighted by molar-refractivity contribution is 9.10. The van der Waals surface area contributed by atoms with E-state index in [0.717, 1.165) is 40.1 Å². The Morgan fingerprint density at radius 3 is 2.22 bits per heavy atom. The number of imidazole rings is 1. The average Bonchev–Trinajstić information content (AvgIpc) is 3.40. The van der Waals surface area contributed by atoms with Crippen molar-refractivity contribution in [2.24, 2.45) is 0 Å². The third-order valence-corrected chi connectivity index (χ3v) is 6.69. The molecule has 2 aromatic carbocycles. The van der Waals surface area contributed by atoms with Crippen molar-refractivity contribution in [2.75, 3.05) is 38.1 Å². The molecule has 3 aromatic rings. The van der Waals surface area contributed by atoms with E-state index in [1.165, 1.54) is 13.1 Å². The van der Waals surface area contributed by atoms with Gasteiger partial charge in [0, 0.05) is 47.8 Å². The van der Waals surface area contributed by atoms with Gasteiger partial charge >= 0.3 is 0 Å². The molecule has 1 saturated heterocycles. The summed E-state index contributed by atoms with van der Waals surface area (Å²) in [6.45, 7) is 12.7. The van der Waals surface area contributed by atoms with Gasteiger partial charge in [-0.2, -0.15) is 0 Å². The summed E-state index contributed by atoms with van der Waals surface area (Å²) in [4.78, 5) is 37.8. The smallest absolute Gasteiger partial charge is 0.257 e. The van der Waals surface area contributed by atoms with Crippen LogP contribution in [0.25, 0.3) is 0 Å². The van der Waals surface area contributed by atoms with Crippen molar-refractivity contribution >= 4 is 58.7 Å². The van der Waals surface area contributed by atoms with Crippen LogP contribution in [0, 0.1) is 13.8 Å². The maximum Gasteiger partial charge on any atom is 0.257 e. The van der Waals surface area contributed by atoms with Gasteiger partial charge in [0.2, 0.25) is 5.95 Å². The quantitative estimate of drug-likeness (QED) is 0.482. The van der Waals surface area contributed by atoms with Gasteiger partial charge in [-0.25, -0.2) is 9.88 Å². The first-order valence-electron chi connectivity index (χ1n) is 11.7. The zero-order valence-electron chi connectivity index (χ0n) is 21.4. The molecule has 0 saturated carbocycles. The number of carbonyl (C=O) groups is 3. The van der Waals surface area contributed by atoms with Gasteiger partial charge in [0.1, 0.15) is 19.6 Å². The Kier molecular flexibility index (Phi) is 12.1. The zero-order valence-corrected chi connectivity index (χ0v) is 23.8. The van der Waals surface area contributed by atoms with Crippen molar-refractivity contribution in [1.82, 2.24) is 19.8 Å². The summed E-state index contributed by atoms with van der Waals surface area (Å²) in [7, 11) is 2.15. The van der Waals surface area contributed by atoms with Crippen LogP contribution in [0.4, 0.5) is 11.6 Å². The minimum atomic E-state index is -0.312. The van der Waals surface area contributed by atoms with Gasteiger partial charge in [0.05, 0.1) is 11.9 Å². The van der Waals surface area contributed by atoms with Crippen LogP contribution in [0.3, 0.4) is 0 Å². The Bertz CT molecular complexity index is 1140. The number of nitrogens with zero attached hydrogens (tertiary/aromatic N) is 4. The van der Waals surface area contributed by atoms with Gasteiger partial charge in [-0.3, -0.25) is 4.79 Å². The lowest BCUT2D eigenvalue weighted by Gasteiger charge is -2.21. The lowest BCUT2D eigenvalue weighted by molar-refractivity contribution is -0.119. The first-order valence-corrected chi connectivity index (χ1v) is 12.9. The second-order valence-electron chi connectivity index (χ2n) is 8.63. The monoisotopic (exact) mass is 589 g/mol. The molecule has 8 nitrogen and oxygen atoms in total. The summed E-state index contributed by atoms with van der Waals surface area (Å²) >= 11 is 9.67. The molecule has 2 aliphatic heterocycles. The molecule has 0 spiro atoms. The topological polar surface area (TPSA) is 87.5 Å². The fourth-order valence-electron chi connectivity index (χ4n) is 4.23. The van der Waals surface area contributed by atoms with E-state index < -0.39 is 0 Å². The van der Waals surface area contributed by atoms with Crippen molar-refractivity contribution in [3.8, 4) is 0 Å². The molecular formula is C27H33BrClN5O3. The zero-order chi connectivity index (χ0) is 27.5. The molecule has 3 heterocycles. The number of amides is 1. The summed E-state index contributed by atoms with van der Waals surface area (Å²) in [6.07, 6.45) is 2.42. The number of fused-ring (bicyclic) bond motifs is 1. The van der Waals surface area contributed by atoms with Crippen LogP contribution in [-0.2, 0) is 20.8 Å². The number of hydrogen-bond acceptors (Lipinski definition) is 6. The van der Waals surface area contributed by atoms with Gasteiger partial charge in [-0.1, -0.05) is 39.7 Å². The molecule has 2 aliphatic rings. The van der Waals surface area contributed by atoms with Crippen LogP contribution in [0.15, 0.2) is 53.1 Å². The van der Waals surface area contributed by atoms with E-state index in [1.807, 2.05) is 74.5 Å². The fourth-order valence-corrected chi connectivity index (χ4v) is 4.78. The highest BCUT2D eigenvalue weighted by Gasteiger charge is 2.40. The van der Waals surface area contributed by atoms with E-state index in [9.17, 15) is 4.79 Å². The second kappa shape index (κ2) is 14.8. The molecule has 0 aliphatic carbocycles. The molecule has 1 unspecified atom stereocenters. The van der Waals surface area contributed by atoms with Crippen LogP contribution in [0.2, 0.25) is 5.02 Å². The first-order chi connectivity index (χ1) is 17.8.